The summed E-state index contributed by atoms with van der Waals surface area (Å²) in [5.74, 6) is -1.83. The highest BCUT2D eigenvalue weighted by atomic mass is 16.6. The predicted molar refractivity (Wildman–Crippen MR) is 135 cm³/mol. The van der Waals surface area contributed by atoms with Gasteiger partial charge in [-0.3, -0.25) is 19.4 Å². The number of carbonyl (C=O) groups excluding carboxylic acids is 4. The number of piperazine rings is 1. The summed E-state index contributed by atoms with van der Waals surface area (Å²) in [5.41, 5.74) is 6.67. The quantitative estimate of drug-likeness (QED) is 0.376. The summed E-state index contributed by atoms with van der Waals surface area (Å²) < 4.78 is 15.4. The first kappa shape index (κ1) is 27.7. The molecule has 37 heavy (non-hydrogen) atoms. The van der Waals surface area contributed by atoms with E-state index in [0.29, 0.717) is 56.3 Å². The highest BCUT2D eigenvalue weighted by molar-refractivity contribution is 6.04. The second-order valence-corrected chi connectivity index (χ2v) is 8.67. The molecule has 3 rings (SSSR count). The van der Waals surface area contributed by atoms with E-state index < -0.39 is 17.9 Å². The minimum Gasteiger partial charge on any atom is -0.495 e. The lowest BCUT2D eigenvalue weighted by atomic mass is 9.90. The fourth-order valence-corrected chi connectivity index (χ4v) is 4.54. The second kappa shape index (κ2) is 12.9. The van der Waals surface area contributed by atoms with Gasteiger partial charge in [0.15, 0.2) is 0 Å². The fourth-order valence-electron chi connectivity index (χ4n) is 4.54. The van der Waals surface area contributed by atoms with E-state index in [1.807, 2.05) is 6.07 Å². The van der Waals surface area contributed by atoms with Crippen molar-refractivity contribution in [1.29, 1.82) is 0 Å². The molecule has 200 valence electrons. The summed E-state index contributed by atoms with van der Waals surface area (Å²) in [6.07, 6.45) is 1.16. The van der Waals surface area contributed by atoms with Crippen LogP contribution in [0.25, 0.3) is 10.9 Å². The van der Waals surface area contributed by atoms with Gasteiger partial charge >= 0.3 is 12.1 Å². The summed E-state index contributed by atoms with van der Waals surface area (Å²) in [4.78, 5) is 58.1. The van der Waals surface area contributed by atoms with Crippen LogP contribution >= 0.6 is 0 Å². The number of primary amides is 1. The van der Waals surface area contributed by atoms with Crippen LogP contribution in [0.15, 0.2) is 24.3 Å². The molecule has 3 amide bonds. The molecule has 0 spiro atoms. The lowest BCUT2D eigenvalue weighted by Gasteiger charge is -2.36. The Morgan fingerprint density at radius 2 is 1.70 bits per heavy atom. The van der Waals surface area contributed by atoms with Crippen molar-refractivity contribution in [3.63, 3.8) is 0 Å². The number of amides is 3. The van der Waals surface area contributed by atoms with Crippen molar-refractivity contribution < 1.29 is 33.4 Å². The van der Waals surface area contributed by atoms with E-state index in [-0.39, 0.29) is 41.9 Å². The van der Waals surface area contributed by atoms with Gasteiger partial charge in [-0.25, -0.2) is 4.79 Å². The van der Waals surface area contributed by atoms with Gasteiger partial charge in [0.25, 0.3) is 5.91 Å². The first-order valence-corrected chi connectivity index (χ1v) is 12.4. The molecule has 1 aromatic heterocycles. The SMILES string of the molecule is CCOC(=O)N1CCN(C(=O)C(CCCCC(=O)OC)c2nc3ccccc3c(OC)c2C(N)=O)CC1. The van der Waals surface area contributed by atoms with Crippen molar-refractivity contribution >= 4 is 34.8 Å². The number of nitrogens with zero attached hydrogens (tertiary/aromatic N) is 3. The number of carbonyl (C=O) groups is 4. The van der Waals surface area contributed by atoms with Crippen LogP contribution in [0.1, 0.15) is 54.6 Å². The van der Waals surface area contributed by atoms with E-state index >= 15 is 0 Å². The molecule has 0 saturated carbocycles. The Labute approximate surface area is 215 Å². The zero-order valence-corrected chi connectivity index (χ0v) is 21.5. The summed E-state index contributed by atoms with van der Waals surface area (Å²) in [6, 6.07) is 7.17. The molecule has 1 aliphatic rings. The number of benzene rings is 1. The molecule has 1 aromatic carbocycles. The number of pyridine rings is 1. The lowest BCUT2D eigenvalue weighted by Crippen LogP contribution is -2.52. The van der Waals surface area contributed by atoms with Gasteiger partial charge in [0, 0.05) is 38.0 Å². The minimum atomic E-state index is -0.798. The molecule has 1 aliphatic heterocycles. The molecule has 2 aromatic rings. The normalized spacial score (nSPS) is 14.2. The van der Waals surface area contributed by atoms with Gasteiger partial charge in [-0.15, -0.1) is 0 Å². The van der Waals surface area contributed by atoms with E-state index in [0.717, 1.165) is 0 Å². The van der Waals surface area contributed by atoms with Gasteiger partial charge < -0.3 is 29.7 Å². The number of fused-ring (bicyclic) bond motifs is 1. The maximum absolute atomic E-state index is 13.9. The number of unbranched alkanes of at least 4 members (excludes halogenated alkanes) is 1. The van der Waals surface area contributed by atoms with Crippen molar-refractivity contribution in [1.82, 2.24) is 14.8 Å². The topological polar surface area (TPSA) is 141 Å². The number of esters is 1. The number of hydrogen-bond donors (Lipinski definition) is 1. The van der Waals surface area contributed by atoms with Crippen molar-refractivity contribution in [2.75, 3.05) is 47.0 Å². The Hall–Kier alpha value is -3.89. The Kier molecular flexibility index (Phi) is 9.64. The Bertz CT molecular complexity index is 1150. The van der Waals surface area contributed by atoms with Crippen LogP contribution in [0.3, 0.4) is 0 Å². The van der Waals surface area contributed by atoms with Crippen LogP contribution in [-0.2, 0) is 19.1 Å². The number of ether oxygens (including phenoxy) is 3. The average Bonchev–Trinajstić information content (AvgIpc) is 2.91. The molecule has 2 N–H and O–H groups in total. The Morgan fingerprint density at radius 1 is 1.03 bits per heavy atom. The number of hydrogen-bond acceptors (Lipinski definition) is 8. The molecule has 0 bridgehead atoms. The van der Waals surface area contributed by atoms with Gasteiger partial charge in [-0.1, -0.05) is 18.6 Å². The van der Waals surface area contributed by atoms with E-state index in [4.69, 9.17) is 24.9 Å². The second-order valence-electron chi connectivity index (χ2n) is 8.67. The standard InChI is InChI=1S/C26H34N4O7/c1-4-37-26(34)30-15-13-29(14-16-30)25(33)18(10-6-8-12-20(31)35-2)22-21(24(27)32)23(36-3)17-9-5-7-11-19(17)28-22/h5,7,9,11,18H,4,6,8,10,12-16H2,1-3H3,(H2,27,32). The van der Waals surface area contributed by atoms with Crippen LogP contribution in [-0.4, -0.2) is 85.7 Å². The highest BCUT2D eigenvalue weighted by Crippen LogP contribution is 2.36. The minimum absolute atomic E-state index is 0.0673. The number of nitrogens with two attached hydrogens (primary N) is 1. The molecule has 1 fully saturated rings. The van der Waals surface area contributed by atoms with Gasteiger partial charge in [0.05, 0.1) is 38.0 Å². The van der Waals surface area contributed by atoms with Gasteiger partial charge in [0.1, 0.15) is 11.3 Å². The van der Waals surface area contributed by atoms with Crippen LogP contribution in [0, 0.1) is 0 Å². The van der Waals surface area contributed by atoms with E-state index in [2.05, 4.69) is 0 Å². The lowest BCUT2D eigenvalue weighted by molar-refractivity contribution is -0.140. The number of aromatic nitrogens is 1. The molecule has 11 nitrogen and oxygen atoms in total. The molecule has 0 radical (unpaired) electrons. The zero-order chi connectivity index (χ0) is 26.9. The number of methoxy groups -OCH3 is 2. The van der Waals surface area contributed by atoms with E-state index in [9.17, 15) is 19.2 Å². The number of para-hydroxylation sites is 1. The third kappa shape index (κ3) is 6.46. The molecule has 0 aliphatic carbocycles. The Balaban J connectivity index is 1.95. The molecular formula is C26H34N4O7. The van der Waals surface area contributed by atoms with Crippen molar-refractivity contribution in [3.8, 4) is 5.75 Å². The maximum atomic E-state index is 13.9. The first-order chi connectivity index (χ1) is 17.8. The maximum Gasteiger partial charge on any atom is 0.409 e. The molecule has 11 heteroatoms. The third-order valence-electron chi connectivity index (χ3n) is 6.42. The first-order valence-electron chi connectivity index (χ1n) is 12.4. The zero-order valence-electron chi connectivity index (χ0n) is 21.5. The highest BCUT2D eigenvalue weighted by Gasteiger charge is 2.34. The predicted octanol–water partition coefficient (Wildman–Crippen LogP) is 2.46. The molecule has 1 atom stereocenters. The summed E-state index contributed by atoms with van der Waals surface area (Å²) in [5, 5.41) is 0.613. The monoisotopic (exact) mass is 514 g/mol. The van der Waals surface area contributed by atoms with Crippen LogP contribution < -0.4 is 10.5 Å². The van der Waals surface area contributed by atoms with Crippen LogP contribution in [0.4, 0.5) is 4.79 Å². The van der Waals surface area contributed by atoms with Gasteiger partial charge in [0.2, 0.25) is 5.91 Å². The number of rotatable bonds is 10. The van der Waals surface area contributed by atoms with Crippen molar-refractivity contribution in [2.45, 2.75) is 38.5 Å². The van der Waals surface area contributed by atoms with Crippen LogP contribution in [0.2, 0.25) is 0 Å². The van der Waals surface area contributed by atoms with Gasteiger partial charge in [-0.2, -0.15) is 0 Å². The van der Waals surface area contributed by atoms with Crippen molar-refractivity contribution in [3.05, 3.63) is 35.5 Å². The molecule has 1 unspecified atom stereocenters. The van der Waals surface area contributed by atoms with E-state index in [1.165, 1.54) is 14.2 Å². The summed E-state index contributed by atoms with van der Waals surface area (Å²) in [6.45, 7) is 3.30. The van der Waals surface area contributed by atoms with Gasteiger partial charge in [-0.05, 0) is 31.9 Å². The molecule has 1 saturated heterocycles. The average molecular weight is 515 g/mol. The smallest absolute Gasteiger partial charge is 0.409 e. The third-order valence-corrected chi connectivity index (χ3v) is 6.42. The van der Waals surface area contributed by atoms with E-state index in [1.54, 1.807) is 34.9 Å². The van der Waals surface area contributed by atoms with Crippen molar-refractivity contribution in [2.24, 2.45) is 5.73 Å². The Morgan fingerprint density at radius 3 is 2.32 bits per heavy atom. The summed E-state index contributed by atoms with van der Waals surface area (Å²) >= 11 is 0. The van der Waals surface area contributed by atoms with Crippen LogP contribution in [0.5, 0.6) is 5.75 Å². The summed E-state index contributed by atoms with van der Waals surface area (Å²) in [7, 11) is 2.77. The largest absolute Gasteiger partial charge is 0.495 e. The molecule has 2 heterocycles. The fraction of sp³-hybridized carbons (Fsp3) is 0.500. The molecular weight excluding hydrogens is 480 g/mol.